The van der Waals surface area contributed by atoms with Crippen molar-refractivity contribution < 1.29 is 62.5 Å². The van der Waals surface area contributed by atoms with E-state index in [2.05, 4.69) is 35.5 Å². The van der Waals surface area contributed by atoms with E-state index in [4.69, 9.17) is 28.4 Å². The van der Waals surface area contributed by atoms with Gasteiger partial charge >= 0.3 is 12.1 Å². The van der Waals surface area contributed by atoms with Crippen molar-refractivity contribution in [2.45, 2.75) is 32.6 Å². The molecule has 1 aliphatic heterocycles. The Morgan fingerprint density at radius 1 is 0.743 bits per heavy atom. The Labute approximate surface area is 415 Å². The van der Waals surface area contributed by atoms with Gasteiger partial charge in [-0.3, -0.25) is 14.9 Å². The standard InChI is InChI=1S/C43H55N5O11S.C7H15NO2/c1-5-57-42(52)38-39(50)37(60-41(38)46-32-11-7-6-8-12-32)26-30-13-14-36(35(49)25-30)58-24-23-56-22-21-55-20-19-54-18-15-45-40(51)31-27-33(44-2)29-34(28-31)47-43(53)59-17-10-9-16-48(3)4;1-8(2)5-3-4-6-10-7-9/h6-8,11-14,25-29,44,49-50H,5,9-10,15-24H2,1-4H3,(H,45,51)(H,47,53);7H,3-6H2,1-2H3/b37-26-,46-41?;. The predicted molar refractivity (Wildman–Crippen MR) is 272 cm³/mol. The maximum absolute atomic E-state index is 12.8. The number of unbranched alkanes of at least 4 members (excludes halogenated alkanes) is 2. The lowest BCUT2D eigenvalue weighted by Crippen LogP contribution is -2.28. The number of aliphatic hydroxyl groups excluding tert-OH is 1. The van der Waals surface area contributed by atoms with Gasteiger partial charge in [0.2, 0.25) is 0 Å². The number of phenolic OH excluding ortho intramolecular Hbond substituents is 1. The molecule has 3 aromatic rings. The normalized spacial score (nSPS) is 13.3. The zero-order valence-electron chi connectivity index (χ0n) is 41.2. The van der Waals surface area contributed by atoms with Gasteiger partial charge in [-0.25, -0.2) is 14.6 Å². The summed E-state index contributed by atoms with van der Waals surface area (Å²) in [5.41, 5.74) is 2.64. The summed E-state index contributed by atoms with van der Waals surface area (Å²) in [7, 11) is 9.77. The lowest BCUT2D eigenvalue weighted by atomic mass is 10.1. The lowest BCUT2D eigenvalue weighted by molar-refractivity contribution is -0.138. The Hall–Kier alpha value is -6.16. The van der Waals surface area contributed by atoms with Gasteiger partial charge in [-0.2, -0.15) is 0 Å². The molecule has 0 atom stereocenters. The third-order valence-electron chi connectivity index (χ3n) is 9.55. The highest BCUT2D eigenvalue weighted by molar-refractivity contribution is 8.18. The zero-order chi connectivity index (χ0) is 50.9. The first-order valence-corrected chi connectivity index (χ1v) is 23.9. The molecular formula is C50H70N6O13S. The molecule has 384 valence electrons. The number of thioether (sulfide) groups is 1. The van der Waals surface area contributed by atoms with Crippen LogP contribution in [0.1, 0.15) is 48.5 Å². The number of benzene rings is 3. The summed E-state index contributed by atoms with van der Waals surface area (Å²) < 4.78 is 37.3. The number of para-hydroxylation sites is 1. The van der Waals surface area contributed by atoms with Crippen LogP contribution in [0.4, 0.5) is 21.9 Å². The fraction of sp³-hybridized carbons (Fsp3) is 0.460. The fourth-order valence-electron chi connectivity index (χ4n) is 6.09. The Balaban J connectivity index is 0.00000116. The van der Waals surface area contributed by atoms with Crippen LogP contribution in [-0.2, 0) is 38.0 Å². The molecule has 0 aromatic heterocycles. The number of aromatic hydroxyl groups is 1. The van der Waals surface area contributed by atoms with Crippen LogP contribution in [0, 0.1) is 0 Å². The second-order valence-electron chi connectivity index (χ2n) is 15.8. The first kappa shape index (κ1) is 58.2. The summed E-state index contributed by atoms with van der Waals surface area (Å²) in [6.45, 7) is 7.50. The van der Waals surface area contributed by atoms with Crippen molar-refractivity contribution in [2.24, 2.45) is 4.99 Å². The maximum Gasteiger partial charge on any atom is 0.411 e. The Bertz CT molecular complexity index is 2150. The molecule has 4 rings (SSSR count). The van der Waals surface area contributed by atoms with Crippen molar-refractivity contribution in [1.29, 1.82) is 0 Å². The largest absolute Gasteiger partial charge is 0.506 e. The minimum atomic E-state index is -0.674. The van der Waals surface area contributed by atoms with E-state index >= 15 is 0 Å². The monoisotopic (exact) mass is 994 g/mol. The molecule has 19 nitrogen and oxygen atoms in total. The molecule has 1 heterocycles. The van der Waals surface area contributed by atoms with Gasteiger partial charge in [-0.15, -0.1) is 0 Å². The van der Waals surface area contributed by atoms with Crippen LogP contribution in [-0.4, -0.2) is 170 Å². The highest BCUT2D eigenvalue weighted by atomic mass is 32.2. The molecule has 0 radical (unpaired) electrons. The number of hydrogen-bond donors (Lipinski definition) is 5. The SMILES string of the molecule is CCOC(=O)C1=C(O)/C(=C/c2ccc(OCCOCCOCCOCCNC(=O)c3cc(NC)cc(NC(=O)OCCCCN(C)C)c3)c(O)c2)SC1=Nc1ccccc1.CN(C)CCCCOC=O. The van der Waals surface area contributed by atoms with Gasteiger partial charge in [0.1, 0.15) is 23.0 Å². The molecule has 2 amide bonds. The summed E-state index contributed by atoms with van der Waals surface area (Å²) >= 11 is 1.13. The van der Waals surface area contributed by atoms with Crippen LogP contribution in [0.3, 0.4) is 0 Å². The van der Waals surface area contributed by atoms with Gasteiger partial charge in [0.05, 0.1) is 70.1 Å². The van der Waals surface area contributed by atoms with E-state index in [-0.39, 0.29) is 61.7 Å². The number of aliphatic imine (C=N–C) groups is 1. The van der Waals surface area contributed by atoms with Crippen molar-refractivity contribution in [2.75, 3.05) is 132 Å². The summed E-state index contributed by atoms with van der Waals surface area (Å²) in [6, 6.07) is 18.9. The number of anilines is 2. The van der Waals surface area contributed by atoms with E-state index < -0.39 is 12.1 Å². The molecule has 5 N–H and O–H groups in total. The van der Waals surface area contributed by atoms with Crippen LogP contribution >= 0.6 is 11.8 Å². The minimum Gasteiger partial charge on any atom is -0.506 e. The van der Waals surface area contributed by atoms with Crippen LogP contribution in [0.5, 0.6) is 11.5 Å². The van der Waals surface area contributed by atoms with Crippen LogP contribution in [0.25, 0.3) is 6.08 Å². The number of nitrogens with one attached hydrogen (secondary N) is 3. The van der Waals surface area contributed by atoms with Gasteiger partial charge in [0, 0.05) is 30.5 Å². The van der Waals surface area contributed by atoms with Gasteiger partial charge in [-0.1, -0.05) is 36.0 Å². The van der Waals surface area contributed by atoms with Crippen molar-refractivity contribution in [1.82, 2.24) is 15.1 Å². The lowest BCUT2D eigenvalue weighted by Gasteiger charge is -2.12. The topological polar surface area (TPSA) is 228 Å². The van der Waals surface area contributed by atoms with E-state index in [1.54, 1.807) is 62.5 Å². The Morgan fingerprint density at radius 2 is 1.39 bits per heavy atom. The van der Waals surface area contributed by atoms with E-state index in [1.165, 1.54) is 6.07 Å². The highest BCUT2D eigenvalue weighted by Gasteiger charge is 2.33. The van der Waals surface area contributed by atoms with Gasteiger partial charge in [0.25, 0.3) is 12.4 Å². The molecule has 0 fully saturated rings. The molecule has 3 aromatic carbocycles. The van der Waals surface area contributed by atoms with Crippen molar-refractivity contribution in [3.63, 3.8) is 0 Å². The van der Waals surface area contributed by atoms with Crippen LogP contribution in [0.15, 0.2) is 88.0 Å². The number of carbonyl (C=O) groups excluding carboxylic acids is 4. The molecule has 20 heteroatoms. The maximum atomic E-state index is 12.8. The number of amides is 2. The van der Waals surface area contributed by atoms with Gasteiger partial charge < -0.3 is 63.8 Å². The first-order chi connectivity index (χ1) is 33.8. The summed E-state index contributed by atoms with van der Waals surface area (Å²) in [5.74, 6) is -1.08. The van der Waals surface area contributed by atoms with Crippen molar-refractivity contribution in [3.8, 4) is 11.5 Å². The molecule has 70 heavy (non-hydrogen) atoms. The molecular weight excluding hydrogens is 925 g/mol. The molecule has 0 bridgehead atoms. The number of nitrogens with zero attached hydrogens (tertiary/aromatic N) is 3. The van der Waals surface area contributed by atoms with Gasteiger partial charge in [0.15, 0.2) is 11.5 Å². The van der Waals surface area contributed by atoms with E-state index in [9.17, 15) is 29.4 Å². The summed E-state index contributed by atoms with van der Waals surface area (Å²) in [4.78, 5) is 56.5. The van der Waals surface area contributed by atoms with Crippen LogP contribution in [0.2, 0.25) is 0 Å². The fourth-order valence-corrected chi connectivity index (χ4v) is 7.12. The molecule has 0 aliphatic carbocycles. The second kappa shape index (κ2) is 34.2. The van der Waals surface area contributed by atoms with Crippen molar-refractivity contribution in [3.05, 3.63) is 94.1 Å². The molecule has 0 unspecified atom stereocenters. The number of phenols is 1. The number of hydrogen-bond acceptors (Lipinski definition) is 18. The van der Waals surface area contributed by atoms with Crippen molar-refractivity contribution >= 4 is 64.4 Å². The molecule has 0 spiro atoms. The van der Waals surface area contributed by atoms with E-state index in [0.29, 0.717) is 84.3 Å². The zero-order valence-corrected chi connectivity index (χ0v) is 42.0. The van der Waals surface area contributed by atoms with E-state index in [0.717, 1.165) is 50.5 Å². The number of esters is 1. The number of aliphatic hydroxyl groups is 1. The quantitative estimate of drug-likeness (QED) is 0.0192. The highest BCUT2D eigenvalue weighted by Crippen LogP contribution is 2.41. The molecule has 1 aliphatic rings. The van der Waals surface area contributed by atoms with E-state index in [1.807, 2.05) is 46.4 Å². The molecule has 0 saturated carbocycles. The third kappa shape index (κ3) is 23.4. The minimum absolute atomic E-state index is 0.0146. The first-order valence-electron chi connectivity index (χ1n) is 23.1. The summed E-state index contributed by atoms with van der Waals surface area (Å²) in [6.07, 6.45) is 4.78. The molecule has 0 saturated heterocycles. The average Bonchev–Trinajstić information content (AvgIpc) is 3.63. The number of carbonyl (C=O) groups is 4. The van der Waals surface area contributed by atoms with Crippen LogP contribution < -0.4 is 20.7 Å². The third-order valence-corrected chi connectivity index (χ3v) is 10.6. The second-order valence-corrected chi connectivity index (χ2v) is 16.8. The smallest absolute Gasteiger partial charge is 0.411 e. The predicted octanol–water partition coefficient (Wildman–Crippen LogP) is 6.88. The number of rotatable bonds is 31. The average molecular weight is 995 g/mol. The Morgan fingerprint density at radius 3 is 2.01 bits per heavy atom. The Kier molecular flexibility index (Phi) is 28.4. The van der Waals surface area contributed by atoms with Gasteiger partial charge in [-0.05, 0) is 128 Å². The summed E-state index contributed by atoms with van der Waals surface area (Å²) in [5, 5.41) is 30.3. The number of ether oxygens (including phenoxy) is 7.